The maximum atomic E-state index is 9.35. The van der Waals surface area contributed by atoms with Gasteiger partial charge in [0.1, 0.15) is 0 Å². The third-order valence-corrected chi connectivity index (χ3v) is 15.0. The van der Waals surface area contributed by atoms with E-state index < -0.39 is 18.7 Å². The van der Waals surface area contributed by atoms with Crippen molar-refractivity contribution < 1.29 is 0 Å². The first-order chi connectivity index (χ1) is 12.3. The van der Waals surface area contributed by atoms with E-state index in [1.54, 1.807) is 0 Å². The van der Waals surface area contributed by atoms with Gasteiger partial charge in [-0.1, -0.05) is 0 Å². The van der Waals surface area contributed by atoms with Gasteiger partial charge in [-0.3, -0.25) is 0 Å². The summed E-state index contributed by atoms with van der Waals surface area (Å²) in [6.07, 6.45) is 0. The van der Waals surface area contributed by atoms with Crippen LogP contribution in [0.1, 0.15) is 16.7 Å². The van der Waals surface area contributed by atoms with Crippen LogP contribution in [-0.4, -0.2) is 18.7 Å². The molecule has 0 amide bonds. The second kappa shape index (κ2) is 8.74. The predicted molar refractivity (Wildman–Crippen MR) is 105 cm³/mol. The maximum absolute atomic E-state index is 9.35. The van der Waals surface area contributed by atoms with Crippen LogP contribution >= 0.6 is 0 Å². The van der Waals surface area contributed by atoms with Gasteiger partial charge in [0.15, 0.2) is 0 Å². The summed E-state index contributed by atoms with van der Waals surface area (Å²) < 4.78 is 7.29. The van der Waals surface area contributed by atoms with Gasteiger partial charge in [-0.15, -0.1) is 0 Å². The van der Waals surface area contributed by atoms with Gasteiger partial charge in [0.05, 0.1) is 0 Å². The van der Waals surface area contributed by atoms with Crippen molar-refractivity contribution in [1.82, 2.24) is 0 Å². The molecule has 0 aliphatic carbocycles. The van der Waals surface area contributed by atoms with Gasteiger partial charge in [0.2, 0.25) is 0 Å². The Kier molecular flexibility index (Phi) is 6.15. The molecule has 0 radical (unpaired) electrons. The molecule has 0 N–H and O–H groups in total. The number of nitrogens with zero attached hydrogens (tertiary/aromatic N) is 3. The van der Waals surface area contributed by atoms with Crippen LogP contribution in [0.25, 0.3) is 10.4 Å². The Morgan fingerprint density at radius 3 is 1.20 bits per heavy atom. The van der Waals surface area contributed by atoms with Gasteiger partial charge in [-0.25, -0.2) is 0 Å². The molecule has 0 bridgehead atoms. The third kappa shape index (κ3) is 5.12. The SMILES string of the molecule is [N-]=[N+]=[N][Sn]([CH2]c1ccccc1)([CH2]c1ccccc1)[CH2]c1ccccc1. The van der Waals surface area contributed by atoms with Crippen molar-refractivity contribution >= 4 is 18.7 Å². The molecular weight excluding hydrogens is 413 g/mol. The molecule has 0 fully saturated rings. The van der Waals surface area contributed by atoms with Crippen LogP contribution in [0.4, 0.5) is 0 Å². The van der Waals surface area contributed by atoms with E-state index in [9.17, 15) is 5.53 Å². The van der Waals surface area contributed by atoms with E-state index in [1.165, 1.54) is 16.7 Å². The Bertz CT molecular complexity index is 727. The zero-order valence-corrected chi connectivity index (χ0v) is 17.0. The fourth-order valence-electron chi connectivity index (χ4n) is 3.32. The Morgan fingerprint density at radius 1 is 0.600 bits per heavy atom. The molecule has 0 aromatic heterocycles. The molecule has 0 aliphatic heterocycles. The molecule has 0 saturated heterocycles. The fraction of sp³-hybridized carbons (Fsp3) is 0.143. The predicted octanol–water partition coefficient (Wildman–Crippen LogP) is 5.59. The molecule has 3 aromatic carbocycles. The summed E-state index contributed by atoms with van der Waals surface area (Å²) in [5, 5.41) is 0. The van der Waals surface area contributed by atoms with E-state index in [0.717, 1.165) is 13.3 Å². The summed E-state index contributed by atoms with van der Waals surface area (Å²) in [6, 6.07) is 31.4. The average Bonchev–Trinajstić information content (AvgIpc) is 2.64. The van der Waals surface area contributed by atoms with Crippen molar-refractivity contribution in [3.63, 3.8) is 0 Å². The Hall–Kier alpha value is -2.23. The van der Waals surface area contributed by atoms with Crippen LogP contribution in [0.15, 0.2) is 94.3 Å². The van der Waals surface area contributed by atoms with E-state index in [4.69, 9.17) is 0 Å². The van der Waals surface area contributed by atoms with Crippen LogP contribution in [0.3, 0.4) is 0 Å². The van der Waals surface area contributed by atoms with Gasteiger partial charge in [-0.05, 0) is 0 Å². The number of hydrogen-bond acceptors (Lipinski definition) is 1. The summed E-state index contributed by atoms with van der Waals surface area (Å²) in [6.45, 7) is 0. The number of benzene rings is 3. The topological polar surface area (TPSA) is 48.8 Å². The zero-order valence-electron chi connectivity index (χ0n) is 14.1. The molecule has 3 rings (SSSR count). The summed E-state index contributed by atoms with van der Waals surface area (Å²) >= 11 is -3.22. The molecule has 4 heteroatoms. The second-order valence-electron chi connectivity index (χ2n) is 6.40. The molecule has 0 unspecified atom stereocenters. The van der Waals surface area contributed by atoms with Gasteiger partial charge in [0.25, 0.3) is 0 Å². The van der Waals surface area contributed by atoms with Crippen molar-refractivity contribution in [3.05, 3.63) is 118 Å². The van der Waals surface area contributed by atoms with Crippen LogP contribution in [-0.2, 0) is 13.3 Å². The first-order valence-electron chi connectivity index (χ1n) is 8.48. The van der Waals surface area contributed by atoms with Gasteiger partial charge in [0, 0.05) is 0 Å². The van der Waals surface area contributed by atoms with E-state index in [-0.39, 0.29) is 0 Å². The van der Waals surface area contributed by atoms with Gasteiger partial charge < -0.3 is 0 Å². The first-order valence-corrected chi connectivity index (χ1v) is 15.8. The van der Waals surface area contributed by atoms with Crippen molar-refractivity contribution in [1.29, 1.82) is 0 Å². The average molecular weight is 434 g/mol. The normalized spacial score (nSPS) is 10.9. The number of azide groups is 1. The Balaban J connectivity index is 1.98. The summed E-state index contributed by atoms with van der Waals surface area (Å²) in [5.41, 5.74) is 13.2. The standard InChI is InChI=1S/3C7H7.N3.Sn/c3*1-7-5-3-2-4-6-7;1-3-2;/h3*2-6H,1H2;;/q;;;-1;+1. The summed E-state index contributed by atoms with van der Waals surface area (Å²) in [7, 11) is 0. The molecule has 0 aliphatic rings. The van der Waals surface area contributed by atoms with Crippen LogP contribution in [0.5, 0.6) is 0 Å². The fourth-order valence-corrected chi connectivity index (χ4v) is 14.1. The number of rotatable bonds is 7. The molecule has 0 spiro atoms. The molecule has 0 saturated carbocycles. The van der Waals surface area contributed by atoms with E-state index in [0.29, 0.717) is 0 Å². The molecule has 0 heterocycles. The van der Waals surface area contributed by atoms with Crippen molar-refractivity contribution in [2.24, 2.45) is 3.34 Å². The van der Waals surface area contributed by atoms with Crippen LogP contribution in [0.2, 0.25) is 0 Å². The molecule has 3 nitrogen and oxygen atoms in total. The van der Waals surface area contributed by atoms with Gasteiger partial charge in [-0.2, -0.15) is 0 Å². The van der Waals surface area contributed by atoms with Crippen molar-refractivity contribution in [2.45, 2.75) is 13.3 Å². The third-order valence-electron chi connectivity index (χ3n) is 4.38. The summed E-state index contributed by atoms with van der Waals surface area (Å²) in [5.74, 6) is 0. The quantitative estimate of drug-likeness (QED) is 0.202. The number of hydrogen-bond donors (Lipinski definition) is 0. The Labute approximate surface area is 153 Å². The van der Waals surface area contributed by atoms with Crippen molar-refractivity contribution in [3.8, 4) is 0 Å². The van der Waals surface area contributed by atoms with Crippen LogP contribution < -0.4 is 0 Å². The monoisotopic (exact) mass is 435 g/mol. The van der Waals surface area contributed by atoms with E-state index in [2.05, 4.69) is 81.0 Å². The second-order valence-corrected chi connectivity index (χ2v) is 17.0. The molecule has 0 atom stereocenters. The minimum atomic E-state index is -3.22. The first kappa shape index (κ1) is 17.6. The summed E-state index contributed by atoms with van der Waals surface area (Å²) in [4.78, 5) is 3.32. The van der Waals surface area contributed by atoms with E-state index >= 15 is 0 Å². The molecule has 25 heavy (non-hydrogen) atoms. The van der Waals surface area contributed by atoms with Gasteiger partial charge >= 0.3 is 153 Å². The minimum absolute atomic E-state index is 0.920. The zero-order chi connectivity index (χ0) is 17.4. The molecule has 3 aromatic rings. The van der Waals surface area contributed by atoms with Crippen molar-refractivity contribution in [2.75, 3.05) is 0 Å². The van der Waals surface area contributed by atoms with Crippen LogP contribution in [0, 0.1) is 0 Å². The van der Waals surface area contributed by atoms with E-state index in [1.807, 2.05) is 18.2 Å². The Morgan fingerprint density at radius 2 is 0.920 bits per heavy atom. The molecular formula is C21H21N3Sn. The molecule has 124 valence electrons.